The summed E-state index contributed by atoms with van der Waals surface area (Å²) in [6.45, 7) is 8.57. The summed E-state index contributed by atoms with van der Waals surface area (Å²) in [5.74, 6) is 7.94. The number of rotatable bonds is 6. The molecular formula is C28H30O3. The fourth-order valence-electron chi connectivity index (χ4n) is 3.73. The molecule has 0 saturated carbocycles. The number of hydrogen-bond acceptors (Lipinski definition) is 3. The Balaban J connectivity index is 2.11. The van der Waals surface area contributed by atoms with Crippen LogP contribution in [0.3, 0.4) is 0 Å². The van der Waals surface area contributed by atoms with Crippen molar-refractivity contribution < 1.29 is 14.6 Å². The fraction of sp³-hybridized carbons (Fsp3) is 0.286. The second-order valence-corrected chi connectivity index (χ2v) is 8.12. The Bertz CT molecular complexity index is 1080. The van der Waals surface area contributed by atoms with E-state index in [2.05, 4.69) is 37.8 Å². The number of ether oxygens (including phenoxy) is 2. The quantitative estimate of drug-likeness (QED) is 0.391. The highest BCUT2D eigenvalue weighted by molar-refractivity contribution is 5.57. The highest BCUT2D eigenvalue weighted by Gasteiger charge is 2.16. The van der Waals surface area contributed by atoms with E-state index in [1.165, 1.54) is 11.1 Å². The lowest BCUT2D eigenvalue weighted by Crippen LogP contribution is -2.06. The van der Waals surface area contributed by atoms with Crippen LogP contribution >= 0.6 is 0 Å². The molecule has 0 heterocycles. The van der Waals surface area contributed by atoms with Gasteiger partial charge >= 0.3 is 0 Å². The van der Waals surface area contributed by atoms with E-state index in [9.17, 15) is 5.11 Å². The van der Waals surface area contributed by atoms with Gasteiger partial charge in [-0.3, -0.25) is 0 Å². The number of methoxy groups -OCH3 is 1. The summed E-state index contributed by atoms with van der Waals surface area (Å²) < 4.78 is 11.2. The second kappa shape index (κ2) is 10.2. The van der Waals surface area contributed by atoms with Gasteiger partial charge in [-0.25, -0.2) is 0 Å². The van der Waals surface area contributed by atoms with Crippen LogP contribution in [0.15, 0.2) is 54.6 Å². The number of aromatic hydroxyl groups is 1. The molecule has 3 rings (SSSR count). The largest absolute Gasteiger partial charge is 0.508 e. The summed E-state index contributed by atoms with van der Waals surface area (Å²) in [5, 5.41) is 9.90. The molecule has 0 spiro atoms. The second-order valence-electron chi connectivity index (χ2n) is 8.12. The summed E-state index contributed by atoms with van der Waals surface area (Å²) in [7, 11) is 1.62. The van der Waals surface area contributed by atoms with E-state index in [1.807, 2.05) is 56.3 Å². The van der Waals surface area contributed by atoms with Crippen LogP contribution < -0.4 is 4.74 Å². The molecule has 0 fully saturated rings. The molecule has 0 aliphatic carbocycles. The molecule has 0 atom stereocenters. The van der Waals surface area contributed by atoms with Gasteiger partial charge in [0.25, 0.3) is 0 Å². The monoisotopic (exact) mass is 414 g/mol. The summed E-state index contributed by atoms with van der Waals surface area (Å²) in [5.41, 5.74) is 7.49. The summed E-state index contributed by atoms with van der Waals surface area (Å²) in [6, 6.07) is 17.9. The van der Waals surface area contributed by atoms with Crippen LogP contribution in [0.5, 0.6) is 11.5 Å². The van der Waals surface area contributed by atoms with Crippen molar-refractivity contribution in [2.45, 2.75) is 40.0 Å². The Labute approximate surface area is 185 Å². The first-order valence-electron chi connectivity index (χ1n) is 10.5. The van der Waals surface area contributed by atoms with Gasteiger partial charge in [-0.05, 0) is 84.3 Å². The summed E-state index contributed by atoms with van der Waals surface area (Å²) in [6.07, 6.45) is 0.766. The highest BCUT2D eigenvalue weighted by Crippen LogP contribution is 2.33. The number of phenols is 1. The van der Waals surface area contributed by atoms with Crippen molar-refractivity contribution in [3.8, 4) is 23.3 Å². The lowest BCUT2D eigenvalue weighted by atomic mass is 9.91. The Morgan fingerprint density at radius 3 is 2.23 bits per heavy atom. The van der Waals surface area contributed by atoms with Crippen molar-refractivity contribution in [2.75, 3.05) is 13.9 Å². The van der Waals surface area contributed by atoms with Crippen LogP contribution in [0, 0.1) is 25.7 Å². The van der Waals surface area contributed by atoms with Gasteiger partial charge in [0.05, 0.1) is 5.56 Å². The molecule has 0 saturated heterocycles. The fourth-order valence-corrected chi connectivity index (χ4v) is 3.73. The Hall–Kier alpha value is -3.22. The molecule has 0 radical (unpaired) electrons. The Kier molecular flexibility index (Phi) is 7.39. The molecule has 3 aromatic carbocycles. The first kappa shape index (κ1) is 22.5. The zero-order chi connectivity index (χ0) is 22.4. The lowest BCUT2D eigenvalue weighted by Gasteiger charge is -2.18. The van der Waals surface area contributed by atoms with E-state index in [1.54, 1.807) is 7.11 Å². The van der Waals surface area contributed by atoms with E-state index in [0.29, 0.717) is 5.75 Å². The van der Waals surface area contributed by atoms with Gasteiger partial charge in [0.2, 0.25) is 0 Å². The standard InChI is InChI=1S/C28H30O3/c1-19(2)26-16-23(17-27-20(3)13-25(29)14-21(27)4)15-24(28(26)31-18-30-5)12-11-22-9-7-6-8-10-22/h6-10,13-16,19,29H,17-18H2,1-5H3. The third-order valence-corrected chi connectivity index (χ3v) is 5.30. The van der Waals surface area contributed by atoms with Crippen molar-refractivity contribution in [3.63, 3.8) is 0 Å². The van der Waals surface area contributed by atoms with Crippen molar-refractivity contribution in [1.29, 1.82) is 0 Å². The van der Waals surface area contributed by atoms with Crippen LogP contribution in [-0.2, 0) is 11.2 Å². The molecule has 3 aromatic rings. The minimum atomic E-state index is 0.176. The molecule has 160 valence electrons. The van der Waals surface area contributed by atoms with Crippen LogP contribution in [0.25, 0.3) is 0 Å². The van der Waals surface area contributed by atoms with E-state index in [4.69, 9.17) is 9.47 Å². The van der Waals surface area contributed by atoms with Crippen molar-refractivity contribution in [2.24, 2.45) is 0 Å². The van der Waals surface area contributed by atoms with E-state index in [-0.39, 0.29) is 12.7 Å². The molecule has 1 N–H and O–H groups in total. The van der Waals surface area contributed by atoms with Gasteiger partial charge in [0, 0.05) is 12.7 Å². The topological polar surface area (TPSA) is 38.7 Å². The number of phenolic OH excluding ortho intramolecular Hbond substituents is 1. The molecule has 3 nitrogen and oxygen atoms in total. The molecule has 0 aromatic heterocycles. The highest BCUT2D eigenvalue weighted by atomic mass is 16.7. The summed E-state index contributed by atoms with van der Waals surface area (Å²) >= 11 is 0. The minimum absolute atomic E-state index is 0.176. The average molecular weight is 415 g/mol. The average Bonchev–Trinajstić information content (AvgIpc) is 2.74. The van der Waals surface area contributed by atoms with Gasteiger partial charge in [0.1, 0.15) is 11.5 Å². The number of hydrogen-bond donors (Lipinski definition) is 1. The van der Waals surface area contributed by atoms with E-state index >= 15 is 0 Å². The molecule has 0 amide bonds. The van der Waals surface area contributed by atoms with Crippen LogP contribution in [-0.4, -0.2) is 19.0 Å². The smallest absolute Gasteiger partial charge is 0.188 e. The predicted octanol–water partition coefficient (Wildman–Crippen LogP) is 6.11. The third kappa shape index (κ3) is 5.69. The molecule has 0 aliphatic rings. The van der Waals surface area contributed by atoms with Crippen LogP contribution in [0.1, 0.15) is 58.7 Å². The zero-order valence-corrected chi connectivity index (χ0v) is 19.0. The maximum absolute atomic E-state index is 9.90. The molecule has 0 aliphatic heterocycles. The van der Waals surface area contributed by atoms with Crippen LogP contribution in [0.4, 0.5) is 0 Å². The van der Waals surface area contributed by atoms with Gasteiger partial charge in [-0.1, -0.05) is 50.0 Å². The molecule has 0 bridgehead atoms. The lowest BCUT2D eigenvalue weighted by molar-refractivity contribution is 0.0500. The van der Waals surface area contributed by atoms with Crippen molar-refractivity contribution in [1.82, 2.24) is 0 Å². The van der Waals surface area contributed by atoms with E-state index in [0.717, 1.165) is 40.0 Å². The Morgan fingerprint density at radius 1 is 0.935 bits per heavy atom. The van der Waals surface area contributed by atoms with E-state index < -0.39 is 0 Å². The van der Waals surface area contributed by atoms with Gasteiger partial charge in [-0.15, -0.1) is 0 Å². The third-order valence-electron chi connectivity index (χ3n) is 5.30. The Morgan fingerprint density at radius 2 is 1.61 bits per heavy atom. The molecular weight excluding hydrogens is 384 g/mol. The minimum Gasteiger partial charge on any atom is -0.508 e. The maximum Gasteiger partial charge on any atom is 0.188 e. The summed E-state index contributed by atoms with van der Waals surface area (Å²) in [4.78, 5) is 0. The van der Waals surface area contributed by atoms with Gasteiger partial charge in [-0.2, -0.15) is 0 Å². The number of aryl methyl sites for hydroxylation is 2. The maximum atomic E-state index is 9.90. The molecule has 31 heavy (non-hydrogen) atoms. The normalized spacial score (nSPS) is 10.6. The first-order valence-corrected chi connectivity index (χ1v) is 10.5. The predicted molar refractivity (Wildman–Crippen MR) is 126 cm³/mol. The van der Waals surface area contributed by atoms with Gasteiger partial charge < -0.3 is 14.6 Å². The molecule has 0 unspecified atom stereocenters. The van der Waals surface area contributed by atoms with Gasteiger partial charge in [0.15, 0.2) is 6.79 Å². The van der Waals surface area contributed by atoms with Crippen molar-refractivity contribution in [3.05, 3.63) is 93.5 Å². The SMILES string of the molecule is COCOc1c(C#Cc2ccccc2)cc(Cc2c(C)cc(O)cc2C)cc1C(C)C. The molecule has 3 heteroatoms. The number of benzene rings is 3. The first-order chi connectivity index (χ1) is 14.9. The zero-order valence-electron chi connectivity index (χ0n) is 19.0. The van der Waals surface area contributed by atoms with Crippen LogP contribution in [0.2, 0.25) is 0 Å². The van der Waals surface area contributed by atoms with Crippen molar-refractivity contribution >= 4 is 0 Å².